The van der Waals surface area contributed by atoms with Gasteiger partial charge in [0, 0.05) is 40.9 Å². The summed E-state index contributed by atoms with van der Waals surface area (Å²) in [5.74, 6) is 0.514. The second-order valence-corrected chi connectivity index (χ2v) is 9.74. The van der Waals surface area contributed by atoms with Crippen molar-refractivity contribution in [2.45, 2.75) is 25.3 Å². The molecule has 0 radical (unpaired) electrons. The van der Waals surface area contributed by atoms with E-state index in [-0.39, 0.29) is 0 Å². The molecule has 0 saturated carbocycles. The highest BCUT2D eigenvalue weighted by molar-refractivity contribution is 7.15. The normalized spacial score (nSPS) is 15.9. The molecule has 0 amide bonds. The van der Waals surface area contributed by atoms with Crippen LogP contribution >= 0.6 is 11.3 Å². The van der Waals surface area contributed by atoms with Crippen molar-refractivity contribution < 1.29 is 4.79 Å². The third kappa shape index (κ3) is 4.74. The molecule has 160 valence electrons. The van der Waals surface area contributed by atoms with E-state index in [4.69, 9.17) is 0 Å². The fraction of sp³-hybridized carbons (Fsp3) is 0.207. The predicted molar refractivity (Wildman–Crippen MR) is 133 cm³/mol. The molecule has 0 saturated heterocycles. The van der Waals surface area contributed by atoms with Crippen LogP contribution in [0.25, 0.3) is 10.4 Å². The third-order valence-corrected chi connectivity index (χ3v) is 7.52. The zero-order chi connectivity index (χ0) is 21.8. The van der Waals surface area contributed by atoms with Gasteiger partial charge in [0.05, 0.1) is 0 Å². The van der Waals surface area contributed by atoms with Crippen LogP contribution in [-0.4, -0.2) is 24.3 Å². The molecule has 4 aromatic rings. The number of hydrogen-bond acceptors (Lipinski definition) is 3. The van der Waals surface area contributed by atoms with Crippen molar-refractivity contribution in [1.29, 1.82) is 0 Å². The minimum atomic E-state index is 0.514. The Morgan fingerprint density at radius 2 is 1.66 bits per heavy atom. The van der Waals surface area contributed by atoms with Gasteiger partial charge in [-0.2, -0.15) is 0 Å². The summed E-state index contributed by atoms with van der Waals surface area (Å²) in [6, 6.07) is 32.1. The van der Waals surface area contributed by atoms with E-state index in [1.807, 2.05) is 35.6 Å². The van der Waals surface area contributed by atoms with Crippen LogP contribution in [0.5, 0.6) is 0 Å². The first-order valence-corrected chi connectivity index (χ1v) is 12.1. The van der Waals surface area contributed by atoms with Crippen molar-refractivity contribution in [2.75, 3.05) is 13.1 Å². The van der Waals surface area contributed by atoms with E-state index < -0.39 is 0 Å². The minimum Gasteiger partial charge on any atom is -0.298 e. The van der Waals surface area contributed by atoms with Gasteiger partial charge in [0.2, 0.25) is 0 Å². The van der Waals surface area contributed by atoms with Crippen molar-refractivity contribution >= 4 is 17.6 Å². The van der Waals surface area contributed by atoms with Gasteiger partial charge in [-0.1, -0.05) is 78.9 Å². The van der Waals surface area contributed by atoms with E-state index in [0.29, 0.717) is 5.92 Å². The molecule has 1 aliphatic rings. The minimum absolute atomic E-state index is 0.514. The predicted octanol–water partition coefficient (Wildman–Crippen LogP) is 6.61. The molecular formula is C29H27NOS. The van der Waals surface area contributed by atoms with Crippen molar-refractivity contribution in [3.63, 3.8) is 0 Å². The molecule has 3 aromatic carbocycles. The summed E-state index contributed by atoms with van der Waals surface area (Å²) in [5, 5.41) is 0. The first-order chi connectivity index (χ1) is 15.8. The number of thiophene rings is 1. The lowest BCUT2D eigenvalue weighted by atomic mass is 9.87. The van der Waals surface area contributed by atoms with Crippen molar-refractivity contribution in [3.8, 4) is 10.4 Å². The summed E-state index contributed by atoms with van der Waals surface area (Å²) in [5.41, 5.74) is 6.29. The number of rotatable bonds is 7. The fourth-order valence-electron chi connectivity index (χ4n) is 4.68. The van der Waals surface area contributed by atoms with Gasteiger partial charge in [0.1, 0.15) is 6.29 Å². The number of benzene rings is 3. The monoisotopic (exact) mass is 437 g/mol. The zero-order valence-electron chi connectivity index (χ0n) is 18.1. The lowest BCUT2D eigenvalue weighted by Gasteiger charge is -2.34. The Balaban J connectivity index is 1.31. The van der Waals surface area contributed by atoms with Crippen LogP contribution in [0.1, 0.15) is 37.8 Å². The van der Waals surface area contributed by atoms with E-state index in [1.54, 1.807) is 0 Å². The lowest BCUT2D eigenvalue weighted by molar-refractivity contribution is 0.112. The van der Waals surface area contributed by atoms with E-state index in [0.717, 1.165) is 44.3 Å². The van der Waals surface area contributed by atoms with Crippen LogP contribution in [0.3, 0.4) is 0 Å². The molecule has 0 bridgehead atoms. The molecule has 1 unspecified atom stereocenters. The number of aldehydes is 1. The second-order valence-electron chi connectivity index (χ2n) is 8.58. The van der Waals surface area contributed by atoms with E-state index in [2.05, 4.69) is 71.6 Å². The molecule has 1 aromatic heterocycles. The molecule has 1 aliphatic heterocycles. The van der Waals surface area contributed by atoms with Crippen molar-refractivity contribution in [2.24, 2.45) is 0 Å². The molecule has 0 spiro atoms. The van der Waals surface area contributed by atoms with Crippen molar-refractivity contribution in [3.05, 3.63) is 118 Å². The van der Waals surface area contributed by atoms with Crippen LogP contribution in [0.4, 0.5) is 0 Å². The molecule has 0 aliphatic carbocycles. The molecule has 32 heavy (non-hydrogen) atoms. The summed E-state index contributed by atoms with van der Waals surface area (Å²) in [6.45, 7) is 3.23. The van der Waals surface area contributed by atoms with E-state index >= 15 is 0 Å². The maximum absolute atomic E-state index is 10.9. The Bertz CT molecular complexity index is 1180. The van der Waals surface area contributed by atoms with Gasteiger partial charge in [-0.05, 0) is 47.2 Å². The maximum Gasteiger partial charge on any atom is 0.150 e. The average molecular weight is 438 g/mol. The van der Waals surface area contributed by atoms with Crippen LogP contribution in [0, 0.1) is 0 Å². The van der Waals surface area contributed by atoms with Gasteiger partial charge in [-0.3, -0.25) is 9.69 Å². The number of nitrogens with zero attached hydrogens (tertiary/aromatic N) is 1. The molecule has 2 heterocycles. The van der Waals surface area contributed by atoms with Gasteiger partial charge in [0.25, 0.3) is 0 Å². The molecule has 5 rings (SSSR count). The van der Waals surface area contributed by atoms with Gasteiger partial charge >= 0.3 is 0 Å². The maximum atomic E-state index is 10.9. The summed E-state index contributed by atoms with van der Waals surface area (Å²) in [7, 11) is 0. The quantitative estimate of drug-likeness (QED) is 0.303. The summed E-state index contributed by atoms with van der Waals surface area (Å²) >= 11 is 1.87. The van der Waals surface area contributed by atoms with Gasteiger partial charge in [0.15, 0.2) is 0 Å². The van der Waals surface area contributed by atoms with Crippen LogP contribution in [0.15, 0.2) is 91.0 Å². The first kappa shape index (κ1) is 20.9. The van der Waals surface area contributed by atoms with Crippen LogP contribution < -0.4 is 0 Å². The Labute approximate surface area is 194 Å². The summed E-state index contributed by atoms with van der Waals surface area (Å²) in [6.07, 6.45) is 3.05. The van der Waals surface area contributed by atoms with Gasteiger partial charge < -0.3 is 0 Å². The Hall–Kier alpha value is -3.01. The van der Waals surface area contributed by atoms with Crippen LogP contribution in [-0.2, 0) is 19.4 Å². The van der Waals surface area contributed by atoms with E-state index in [9.17, 15) is 4.79 Å². The third-order valence-electron chi connectivity index (χ3n) is 6.37. The Morgan fingerprint density at radius 3 is 2.47 bits per heavy atom. The molecule has 2 nitrogen and oxygen atoms in total. The van der Waals surface area contributed by atoms with Gasteiger partial charge in [-0.15, -0.1) is 11.3 Å². The topological polar surface area (TPSA) is 20.3 Å². The Morgan fingerprint density at radius 1 is 0.875 bits per heavy atom. The summed E-state index contributed by atoms with van der Waals surface area (Å²) in [4.78, 5) is 16.2. The van der Waals surface area contributed by atoms with E-state index in [1.165, 1.54) is 32.0 Å². The molecule has 0 fully saturated rings. The molecule has 0 N–H and O–H groups in total. The number of fused-ring (bicyclic) bond motifs is 1. The number of carbonyl (C=O) groups excluding carboxylic acids is 1. The SMILES string of the molecule is O=Cc1ccc(-c2ccc(CC3CN(CCc4ccccc4)Cc4ccccc43)s2)cc1. The molecular weight excluding hydrogens is 410 g/mol. The van der Waals surface area contributed by atoms with Crippen molar-refractivity contribution in [1.82, 2.24) is 4.90 Å². The average Bonchev–Trinajstić information content (AvgIpc) is 3.32. The zero-order valence-corrected chi connectivity index (χ0v) is 18.9. The van der Waals surface area contributed by atoms with Crippen LogP contribution in [0.2, 0.25) is 0 Å². The highest BCUT2D eigenvalue weighted by Crippen LogP contribution is 2.35. The standard InChI is InChI=1S/C29H27NOS/c31-21-23-10-12-24(13-11-23)29-15-14-27(32-29)18-26-20-30(17-16-22-6-2-1-3-7-22)19-25-8-4-5-9-28(25)26/h1-15,21,26H,16-20H2. The molecule has 1 atom stereocenters. The number of carbonyl (C=O) groups is 1. The fourth-order valence-corrected chi connectivity index (χ4v) is 5.77. The lowest BCUT2D eigenvalue weighted by Crippen LogP contribution is -2.35. The molecule has 3 heteroatoms. The number of hydrogen-bond donors (Lipinski definition) is 0. The van der Waals surface area contributed by atoms with Gasteiger partial charge in [-0.25, -0.2) is 0 Å². The largest absolute Gasteiger partial charge is 0.298 e. The second kappa shape index (κ2) is 9.64. The smallest absolute Gasteiger partial charge is 0.150 e. The first-order valence-electron chi connectivity index (χ1n) is 11.3. The summed E-state index contributed by atoms with van der Waals surface area (Å²) < 4.78 is 0. The highest BCUT2D eigenvalue weighted by Gasteiger charge is 2.25. The Kier molecular flexibility index (Phi) is 6.29. The highest BCUT2D eigenvalue weighted by atomic mass is 32.1.